The van der Waals surface area contributed by atoms with Crippen molar-refractivity contribution in [3.05, 3.63) is 35.5 Å². The maximum Gasteiger partial charge on any atom is 0.239 e. The predicted molar refractivity (Wildman–Crippen MR) is 70.2 cm³/mol. The number of hydrogen-bond donors (Lipinski definition) is 1. The number of halogens is 1. The van der Waals surface area contributed by atoms with Crippen LogP contribution < -0.4 is 5.32 Å². The van der Waals surface area contributed by atoms with Crippen molar-refractivity contribution in [2.24, 2.45) is 0 Å². The molecular formula is C13H12ClN3O. The Morgan fingerprint density at radius 3 is 3.06 bits per heavy atom. The molecule has 18 heavy (non-hydrogen) atoms. The molecule has 0 spiro atoms. The first-order valence-electron chi connectivity index (χ1n) is 5.59. The maximum atomic E-state index is 11.7. The monoisotopic (exact) mass is 261 g/mol. The van der Waals surface area contributed by atoms with Crippen molar-refractivity contribution < 1.29 is 4.79 Å². The molecule has 2 aromatic rings. The molecule has 1 amide bonds. The molecule has 0 fully saturated rings. The van der Waals surface area contributed by atoms with Gasteiger partial charge in [-0.25, -0.2) is 0 Å². The topological polar surface area (TPSA) is 57.8 Å². The second kappa shape index (κ2) is 5.56. The number of hydrogen-bond acceptors (Lipinski definition) is 2. The van der Waals surface area contributed by atoms with E-state index in [9.17, 15) is 4.79 Å². The number of benzene rings is 1. The summed E-state index contributed by atoms with van der Waals surface area (Å²) in [5.74, 6) is -0.123. The molecule has 0 aliphatic carbocycles. The van der Waals surface area contributed by atoms with Crippen molar-refractivity contribution >= 4 is 28.4 Å². The Morgan fingerprint density at radius 2 is 2.28 bits per heavy atom. The molecule has 1 heterocycles. The predicted octanol–water partition coefficient (Wildman–Crippen LogP) is 2.32. The summed E-state index contributed by atoms with van der Waals surface area (Å²) in [6.45, 7) is 0.584. The van der Waals surface area contributed by atoms with E-state index in [2.05, 4.69) is 5.32 Å². The maximum absolute atomic E-state index is 11.7. The molecule has 0 unspecified atom stereocenters. The van der Waals surface area contributed by atoms with Crippen molar-refractivity contribution in [2.75, 3.05) is 6.54 Å². The second-order valence-electron chi connectivity index (χ2n) is 3.88. The van der Waals surface area contributed by atoms with Crippen molar-refractivity contribution in [2.45, 2.75) is 13.0 Å². The summed E-state index contributed by atoms with van der Waals surface area (Å²) in [6.07, 6.45) is 2.15. The third-order valence-corrected chi connectivity index (χ3v) is 2.92. The van der Waals surface area contributed by atoms with Crippen LogP contribution in [0.5, 0.6) is 0 Å². The van der Waals surface area contributed by atoms with Gasteiger partial charge in [0, 0.05) is 18.1 Å². The molecule has 0 aliphatic heterocycles. The highest BCUT2D eigenvalue weighted by Gasteiger charge is 2.08. The molecule has 5 heteroatoms. The van der Waals surface area contributed by atoms with Crippen LogP contribution in [0.1, 0.15) is 6.42 Å². The van der Waals surface area contributed by atoms with E-state index in [1.165, 1.54) is 0 Å². The van der Waals surface area contributed by atoms with Crippen LogP contribution in [-0.4, -0.2) is 17.0 Å². The highest BCUT2D eigenvalue weighted by atomic mass is 35.5. The summed E-state index contributed by atoms with van der Waals surface area (Å²) in [4.78, 5) is 11.7. The van der Waals surface area contributed by atoms with Gasteiger partial charge in [-0.05, 0) is 12.1 Å². The summed E-state index contributed by atoms with van der Waals surface area (Å²) in [7, 11) is 0. The number of carbonyl (C=O) groups excluding carboxylic acids is 1. The lowest BCUT2D eigenvalue weighted by Gasteiger charge is -2.07. The molecule has 1 N–H and O–H groups in total. The van der Waals surface area contributed by atoms with Gasteiger partial charge in [0.2, 0.25) is 5.91 Å². The highest BCUT2D eigenvalue weighted by Crippen LogP contribution is 2.24. The van der Waals surface area contributed by atoms with Crippen LogP contribution in [0.4, 0.5) is 0 Å². The molecule has 4 nitrogen and oxygen atoms in total. The van der Waals surface area contributed by atoms with Crippen molar-refractivity contribution in [1.82, 2.24) is 9.88 Å². The molecule has 0 saturated carbocycles. The normalized spacial score (nSPS) is 10.2. The number of amides is 1. The first kappa shape index (κ1) is 12.5. The zero-order chi connectivity index (χ0) is 13.0. The molecule has 0 saturated heterocycles. The Morgan fingerprint density at radius 1 is 1.44 bits per heavy atom. The first-order chi connectivity index (χ1) is 8.72. The van der Waals surface area contributed by atoms with Crippen molar-refractivity contribution in [1.29, 1.82) is 5.26 Å². The Bertz CT molecular complexity index is 612. The van der Waals surface area contributed by atoms with Crippen molar-refractivity contribution in [3.63, 3.8) is 0 Å². The first-order valence-corrected chi connectivity index (χ1v) is 5.97. The number of aromatic nitrogens is 1. The minimum absolute atomic E-state index is 0.123. The number of nitrogens with zero attached hydrogens (tertiary/aromatic N) is 2. The van der Waals surface area contributed by atoms with Crippen LogP contribution in [0.3, 0.4) is 0 Å². The van der Waals surface area contributed by atoms with Gasteiger partial charge in [0.1, 0.15) is 6.54 Å². The highest BCUT2D eigenvalue weighted by molar-refractivity contribution is 6.35. The molecular weight excluding hydrogens is 250 g/mol. The third-order valence-electron chi connectivity index (χ3n) is 2.61. The minimum atomic E-state index is -0.123. The molecule has 92 valence electrons. The van der Waals surface area contributed by atoms with Gasteiger partial charge in [-0.3, -0.25) is 4.79 Å². The van der Waals surface area contributed by atoms with Gasteiger partial charge in [-0.1, -0.05) is 23.7 Å². The lowest BCUT2D eigenvalue weighted by molar-refractivity contribution is -0.121. The number of para-hydroxylation sites is 1. The SMILES string of the molecule is N#CCCNC(=O)Cn1ccc2cccc(Cl)c21. The Kier molecular flexibility index (Phi) is 3.85. The van der Waals surface area contributed by atoms with Crippen LogP contribution in [0.15, 0.2) is 30.5 Å². The fourth-order valence-electron chi connectivity index (χ4n) is 1.81. The van der Waals surface area contributed by atoms with Gasteiger partial charge in [-0.2, -0.15) is 5.26 Å². The average molecular weight is 262 g/mol. The number of fused-ring (bicyclic) bond motifs is 1. The Balaban J connectivity index is 2.13. The molecule has 0 atom stereocenters. The van der Waals surface area contributed by atoms with E-state index in [1.807, 2.05) is 30.5 Å². The largest absolute Gasteiger partial charge is 0.354 e. The smallest absolute Gasteiger partial charge is 0.239 e. The standard InChI is InChI=1S/C13H12ClN3O/c14-11-4-1-3-10-5-8-17(13(10)11)9-12(18)16-7-2-6-15/h1,3-5,8H,2,7,9H2,(H,16,18). The molecule has 0 radical (unpaired) electrons. The summed E-state index contributed by atoms with van der Waals surface area (Å²) >= 11 is 6.12. The van der Waals surface area contributed by atoms with Gasteiger partial charge in [0.25, 0.3) is 0 Å². The summed E-state index contributed by atoms with van der Waals surface area (Å²) in [5.41, 5.74) is 0.856. The van der Waals surface area contributed by atoms with E-state index < -0.39 is 0 Å². The zero-order valence-corrected chi connectivity index (χ0v) is 10.4. The van der Waals surface area contributed by atoms with Gasteiger partial charge < -0.3 is 9.88 Å². The van der Waals surface area contributed by atoms with E-state index in [0.717, 1.165) is 10.9 Å². The number of carbonyl (C=O) groups is 1. The third kappa shape index (κ3) is 2.63. The summed E-state index contributed by atoms with van der Waals surface area (Å²) < 4.78 is 1.80. The molecule has 1 aromatic carbocycles. The number of nitriles is 1. The van der Waals surface area contributed by atoms with E-state index in [-0.39, 0.29) is 12.5 Å². The molecule has 0 aliphatic rings. The summed E-state index contributed by atoms with van der Waals surface area (Å²) in [6, 6.07) is 9.52. The van der Waals surface area contributed by atoms with Crippen LogP contribution in [0.25, 0.3) is 10.9 Å². The molecule has 2 rings (SSSR count). The van der Waals surface area contributed by atoms with E-state index >= 15 is 0 Å². The fourth-order valence-corrected chi connectivity index (χ4v) is 2.10. The van der Waals surface area contributed by atoms with Crippen LogP contribution in [0.2, 0.25) is 5.02 Å². The Hall–Kier alpha value is -1.99. The number of nitrogens with one attached hydrogen (secondary N) is 1. The van der Waals surface area contributed by atoms with Gasteiger partial charge in [-0.15, -0.1) is 0 Å². The van der Waals surface area contributed by atoms with Gasteiger partial charge >= 0.3 is 0 Å². The van der Waals surface area contributed by atoms with Gasteiger partial charge in [0.15, 0.2) is 0 Å². The minimum Gasteiger partial charge on any atom is -0.354 e. The van der Waals surface area contributed by atoms with E-state index in [1.54, 1.807) is 10.6 Å². The zero-order valence-electron chi connectivity index (χ0n) is 9.69. The van der Waals surface area contributed by atoms with Gasteiger partial charge in [0.05, 0.1) is 23.0 Å². The average Bonchev–Trinajstić information content (AvgIpc) is 2.74. The van der Waals surface area contributed by atoms with Crippen LogP contribution in [0, 0.1) is 11.3 Å². The van der Waals surface area contributed by atoms with E-state index in [4.69, 9.17) is 16.9 Å². The van der Waals surface area contributed by atoms with Crippen LogP contribution in [-0.2, 0) is 11.3 Å². The molecule has 1 aromatic heterocycles. The summed E-state index contributed by atoms with van der Waals surface area (Å²) in [5, 5.41) is 12.7. The van der Waals surface area contributed by atoms with Crippen LogP contribution >= 0.6 is 11.6 Å². The quantitative estimate of drug-likeness (QED) is 0.859. The molecule has 0 bridgehead atoms. The fraction of sp³-hybridized carbons (Fsp3) is 0.231. The second-order valence-corrected chi connectivity index (χ2v) is 4.29. The number of rotatable bonds is 4. The lowest BCUT2D eigenvalue weighted by atomic mass is 10.2. The van der Waals surface area contributed by atoms with E-state index in [0.29, 0.717) is 18.0 Å². The lowest BCUT2D eigenvalue weighted by Crippen LogP contribution is -2.28. The van der Waals surface area contributed by atoms with Crippen molar-refractivity contribution in [3.8, 4) is 6.07 Å². The Labute approximate surface area is 110 Å².